The minimum atomic E-state index is -4.40. The number of rotatable bonds is 23. The van der Waals surface area contributed by atoms with Gasteiger partial charge in [0.2, 0.25) is 49.0 Å². The summed E-state index contributed by atoms with van der Waals surface area (Å²) in [6.07, 6.45) is 3.13. The molecule has 23 heteroatoms. The molecule has 6 amide bonds. The Morgan fingerprint density at radius 2 is 1.40 bits per heavy atom. The van der Waals surface area contributed by atoms with E-state index in [1.807, 2.05) is 13.8 Å². The fourth-order valence-electron chi connectivity index (χ4n) is 6.05. The summed E-state index contributed by atoms with van der Waals surface area (Å²) in [5, 5.41) is 20.3. The summed E-state index contributed by atoms with van der Waals surface area (Å²) in [4.78, 5) is 112. The molecule has 0 spiro atoms. The summed E-state index contributed by atoms with van der Waals surface area (Å²) in [5.41, 5.74) is 4.15. The van der Waals surface area contributed by atoms with Crippen molar-refractivity contribution < 1.29 is 66.5 Å². The molecule has 22 nitrogen and oxygen atoms in total. The number of aliphatic hydroxyl groups is 1. The lowest BCUT2D eigenvalue weighted by Crippen LogP contribution is -2.60. The van der Waals surface area contributed by atoms with E-state index >= 15 is 0 Å². The van der Waals surface area contributed by atoms with Crippen LogP contribution in [0.25, 0.3) is 0 Å². The largest absolute Gasteiger partial charge is 0.438 e. The van der Waals surface area contributed by atoms with Crippen molar-refractivity contribution in [2.24, 2.45) is 28.4 Å². The molecule has 2 rings (SSSR count). The van der Waals surface area contributed by atoms with Crippen molar-refractivity contribution in [3.05, 3.63) is 18.2 Å². The van der Waals surface area contributed by atoms with Crippen LogP contribution in [0.1, 0.15) is 94.2 Å². The number of nitrogens with zero attached hydrogens (tertiary/aromatic N) is 2. The number of esters is 2. The number of likely N-dealkylation sites (tertiary alicyclic amines) is 1. The first kappa shape index (κ1) is 53.2. The summed E-state index contributed by atoms with van der Waals surface area (Å²) in [7, 11) is -4.40. The highest BCUT2D eigenvalue weighted by atomic mass is 31.2. The van der Waals surface area contributed by atoms with Crippen LogP contribution in [0, 0.1) is 22.7 Å². The number of aromatic nitrogens is 2. The molecule has 8 N–H and O–H groups in total. The molecule has 2 heterocycles. The van der Waals surface area contributed by atoms with Gasteiger partial charge in [0.25, 0.3) is 0 Å². The quantitative estimate of drug-likeness (QED) is 0.0444. The van der Waals surface area contributed by atoms with Gasteiger partial charge >= 0.3 is 19.5 Å². The van der Waals surface area contributed by atoms with E-state index in [0.717, 1.165) is 0 Å². The van der Waals surface area contributed by atoms with Crippen LogP contribution in [-0.2, 0) is 67.9 Å². The average molecular weight is 901 g/mol. The maximum Gasteiger partial charge on any atom is 0.336 e. The normalized spacial score (nSPS) is 16.9. The van der Waals surface area contributed by atoms with Crippen molar-refractivity contribution in [2.45, 2.75) is 125 Å². The molecule has 1 aromatic rings. The van der Waals surface area contributed by atoms with E-state index < -0.39 is 122 Å². The van der Waals surface area contributed by atoms with Crippen LogP contribution in [0.5, 0.6) is 0 Å². The van der Waals surface area contributed by atoms with Gasteiger partial charge in [0.05, 0.1) is 29.9 Å². The van der Waals surface area contributed by atoms with Gasteiger partial charge in [-0.3, -0.25) is 52.0 Å². The zero-order valence-corrected chi connectivity index (χ0v) is 38.1. The highest BCUT2D eigenvalue weighted by molar-refractivity contribution is 7.53. The number of carbonyl (C=O) groups excluding carboxylic acids is 8. The number of H-pyrrole nitrogens is 1. The van der Waals surface area contributed by atoms with Crippen LogP contribution in [-0.4, -0.2) is 130 Å². The van der Waals surface area contributed by atoms with Crippen LogP contribution >= 0.6 is 7.60 Å². The van der Waals surface area contributed by atoms with Gasteiger partial charge in [-0.15, -0.1) is 0 Å². The highest BCUT2D eigenvalue weighted by Crippen LogP contribution is 2.50. The van der Waals surface area contributed by atoms with Crippen molar-refractivity contribution in [2.75, 3.05) is 32.9 Å². The van der Waals surface area contributed by atoms with E-state index in [-0.39, 0.29) is 24.7 Å². The molecule has 6 atom stereocenters. The summed E-state index contributed by atoms with van der Waals surface area (Å²) >= 11 is 0. The molecule has 350 valence electrons. The van der Waals surface area contributed by atoms with Crippen LogP contribution in [0.4, 0.5) is 0 Å². The number of carbonyl (C=O) groups is 8. The summed E-state index contributed by atoms with van der Waals surface area (Å²) in [6, 6.07) is -6.64. The predicted molar refractivity (Wildman–Crippen MR) is 221 cm³/mol. The lowest BCUT2D eigenvalue weighted by molar-refractivity contribution is -0.162. The molecule has 0 bridgehead atoms. The van der Waals surface area contributed by atoms with Crippen molar-refractivity contribution >= 4 is 55.0 Å². The zero-order chi connectivity index (χ0) is 47.2. The number of amides is 6. The summed E-state index contributed by atoms with van der Waals surface area (Å²) in [5.74, 6) is -7.35. The van der Waals surface area contributed by atoms with Gasteiger partial charge in [0, 0.05) is 31.8 Å². The molecule has 0 saturated carbocycles. The fraction of sp³-hybridized carbons (Fsp3) is 0.718. The molecule has 0 radical (unpaired) electrons. The van der Waals surface area contributed by atoms with Crippen LogP contribution in [0.3, 0.4) is 0 Å². The second kappa shape index (κ2) is 23.5. The number of ether oxygens (including phenoxy) is 2. The number of nitrogens with one attached hydrogen (secondary N) is 5. The second-order valence-electron chi connectivity index (χ2n) is 17.7. The third kappa shape index (κ3) is 17.1. The number of nitrogens with two attached hydrogens (primary N) is 1. The molecular formula is C39H65N8O14P. The zero-order valence-electron chi connectivity index (χ0n) is 37.2. The second-order valence-corrected chi connectivity index (χ2v) is 19.8. The Kier molecular flexibility index (Phi) is 20.2. The Labute approximate surface area is 361 Å². The highest BCUT2D eigenvalue weighted by Gasteiger charge is 2.39. The van der Waals surface area contributed by atoms with E-state index in [9.17, 15) is 48.0 Å². The molecule has 62 heavy (non-hydrogen) atoms. The Morgan fingerprint density at radius 3 is 1.87 bits per heavy atom. The minimum absolute atomic E-state index is 0.0921. The number of aromatic amines is 1. The van der Waals surface area contributed by atoms with E-state index in [2.05, 4.69) is 31.2 Å². The molecular weight excluding hydrogens is 835 g/mol. The van der Waals surface area contributed by atoms with Gasteiger partial charge in [-0.2, -0.15) is 0 Å². The Bertz CT molecular complexity index is 1740. The lowest BCUT2D eigenvalue weighted by Gasteiger charge is -2.29. The lowest BCUT2D eigenvalue weighted by atomic mass is 9.98. The van der Waals surface area contributed by atoms with Crippen molar-refractivity contribution in [1.82, 2.24) is 36.1 Å². The SMILES string of the molecule is CC(=O)N1CCC[C@H]1C(=O)N[C@@H](CC(C)C)C(=O)N[C@@H](Cc1cnc[nH]1)C(=O)N[C@@H](CO)C(=O)N[C@H](C(N)=O)[C@@H](C)CP(=O)(OCOC(=O)C(C)(C)C)OCOC(=O)C(C)(C)C. The van der Waals surface area contributed by atoms with Gasteiger partial charge in [0.15, 0.2) is 0 Å². The molecule has 1 fully saturated rings. The number of hydrogen-bond acceptors (Lipinski definition) is 15. The molecule has 1 saturated heterocycles. The third-order valence-electron chi connectivity index (χ3n) is 9.52. The first-order valence-corrected chi connectivity index (χ1v) is 22.0. The monoisotopic (exact) mass is 900 g/mol. The van der Waals surface area contributed by atoms with Crippen LogP contribution in [0.15, 0.2) is 12.5 Å². The molecule has 0 aromatic carbocycles. The van der Waals surface area contributed by atoms with E-state index in [4.69, 9.17) is 24.3 Å². The molecule has 1 aromatic heterocycles. The Balaban J connectivity index is 2.28. The van der Waals surface area contributed by atoms with Gasteiger partial charge in [0.1, 0.15) is 30.2 Å². The summed E-state index contributed by atoms with van der Waals surface area (Å²) in [6.45, 7) is 13.5. The van der Waals surface area contributed by atoms with Crippen LogP contribution in [0.2, 0.25) is 0 Å². The number of hydrogen-bond donors (Lipinski definition) is 7. The predicted octanol–water partition coefficient (Wildman–Crippen LogP) is 0.382. The molecule has 0 aliphatic carbocycles. The van der Waals surface area contributed by atoms with Gasteiger partial charge < -0.3 is 51.5 Å². The third-order valence-corrected chi connectivity index (χ3v) is 11.5. The maximum absolute atomic E-state index is 13.9. The van der Waals surface area contributed by atoms with Crippen molar-refractivity contribution in [3.63, 3.8) is 0 Å². The molecule has 0 unspecified atom stereocenters. The van der Waals surface area contributed by atoms with Gasteiger partial charge in [-0.05, 0) is 72.6 Å². The molecule has 1 aliphatic rings. The Morgan fingerprint density at radius 1 is 0.871 bits per heavy atom. The van der Waals surface area contributed by atoms with E-state index in [0.29, 0.717) is 25.1 Å². The maximum atomic E-state index is 13.9. The van der Waals surface area contributed by atoms with Crippen molar-refractivity contribution in [3.8, 4) is 0 Å². The van der Waals surface area contributed by atoms with Crippen molar-refractivity contribution in [1.29, 1.82) is 0 Å². The topological polar surface area (TPSA) is 317 Å². The van der Waals surface area contributed by atoms with Gasteiger partial charge in [-0.25, -0.2) is 4.98 Å². The number of primary amides is 1. The number of imidazole rings is 1. The van der Waals surface area contributed by atoms with Crippen LogP contribution < -0.4 is 27.0 Å². The average Bonchev–Trinajstić information content (AvgIpc) is 3.87. The van der Waals surface area contributed by atoms with Gasteiger partial charge in [-0.1, -0.05) is 20.8 Å². The first-order chi connectivity index (χ1) is 28.7. The smallest absolute Gasteiger partial charge is 0.336 e. The molecule has 1 aliphatic heterocycles. The standard InChI is InChI=1S/C39H65N8O14P/c1-22(2)14-26(44-35(54)29-12-11-13-47(29)24(4)49)32(51)43-27(15-25-16-41-19-42-25)33(52)45-28(17-48)34(53)46-30(31(40)50)23(3)18-62(57,60-20-58-36(55)38(5,6)7)61-21-59-37(56)39(8,9)10/h16,19,22-23,26-30,48H,11-15,17-18,20-21H2,1-10H3,(H2,40,50)(H,41,42)(H,43,51)(H,44,54)(H,45,52)(H,46,53)/t23-,26-,27-,28-,29-,30-/m0/s1. The van der Waals surface area contributed by atoms with E-state index in [1.54, 1.807) is 41.5 Å². The summed E-state index contributed by atoms with van der Waals surface area (Å²) < 4.78 is 34.8. The first-order valence-electron chi connectivity index (χ1n) is 20.3. The van der Waals surface area contributed by atoms with E-state index in [1.165, 1.54) is 31.3 Å². The Hall–Kier alpha value is -4.92. The minimum Gasteiger partial charge on any atom is -0.438 e. The number of aliphatic hydroxyl groups excluding tert-OH is 1. The fourth-order valence-corrected chi connectivity index (χ4v) is 7.68.